The van der Waals surface area contributed by atoms with Gasteiger partial charge in [-0.3, -0.25) is 9.40 Å². The molecule has 1 saturated carbocycles. The molecule has 0 radical (unpaired) electrons. The largest absolute Gasteiger partial charge is 0.389 e. The van der Waals surface area contributed by atoms with E-state index in [-0.39, 0.29) is 16.7 Å². The number of sulfonamides is 1. The van der Waals surface area contributed by atoms with E-state index in [1.165, 1.54) is 10.9 Å². The fourth-order valence-corrected chi connectivity index (χ4v) is 3.25. The molecule has 3 N–H and O–H groups in total. The third kappa shape index (κ3) is 2.95. The van der Waals surface area contributed by atoms with Gasteiger partial charge in [0.05, 0.1) is 17.5 Å². The molecule has 2 rings (SSSR count). The molecule has 0 bridgehead atoms. The Morgan fingerprint density at radius 1 is 1.71 bits per heavy atom. The van der Waals surface area contributed by atoms with Gasteiger partial charge in [-0.05, 0) is 18.8 Å². The summed E-state index contributed by atoms with van der Waals surface area (Å²) in [5.74, 6) is 0.766. The lowest BCUT2D eigenvalue weighted by molar-refractivity contribution is 0.596. The second-order valence-electron chi connectivity index (χ2n) is 4.22. The third-order valence-electron chi connectivity index (χ3n) is 2.61. The van der Waals surface area contributed by atoms with Crippen molar-refractivity contribution in [3.8, 4) is 0 Å². The fourth-order valence-electron chi connectivity index (χ4n) is 1.52. The Morgan fingerprint density at radius 2 is 2.35 bits per heavy atom. The molecule has 0 amide bonds. The molecule has 0 unspecified atom stereocenters. The van der Waals surface area contributed by atoms with Crippen molar-refractivity contribution in [1.29, 1.82) is 0 Å². The average Bonchev–Trinajstić information content (AvgIpc) is 2.91. The van der Waals surface area contributed by atoms with Crippen molar-refractivity contribution in [2.45, 2.75) is 12.8 Å². The highest BCUT2D eigenvalue weighted by Gasteiger charge is 2.29. The maximum Gasteiger partial charge on any atom is 0.234 e. The molecule has 0 aliphatic heterocycles. The van der Waals surface area contributed by atoms with Crippen molar-refractivity contribution in [2.75, 3.05) is 10.5 Å². The first-order valence-corrected chi connectivity index (χ1v) is 7.27. The summed E-state index contributed by atoms with van der Waals surface area (Å²) in [6.45, 7) is 0. The van der Waals surface area contributed by atoms with Crippen molar-refractivity contribution in [3.05, 3.63) is 11.8 Å². The zero-order valence-electron chi connectivity index (χ0n) is 9.38. The van der Waals surface area contributed by atoms with Crippen LogP contribution in [0.1, 0.15) is 18.4 Å². The van der Waals surface area contributed by atoms with Gasteiger partial charge < -0.3 is 5.73 Å². The molecule has 0 saturated heterocycles. The molecule has 1 aromatic heterocycles. The van der Waals surface area contributed by atoms with Gasteiger partial charge in [0.15, 0.2) is 0 Å². The van der Waals surface area contributed by atoms with Gasteiger partial charge in [0.1, 0.15) is 10.8 Å². The van der Waals surface area contributed by atoms with Crippen LogP contribution in [-0.4, -0.2) is 28.9 Å². The van der Waals surface area contributed by atoms with E-state index < -0.39 is 10.0 Å². The van der Waals surface area contributed by atoms with E-state index in [2.05, 4.69) is 9.82 Å². The number of nitrogens with zero attached hydrogens (tertiary/aromatic N) is 2. The smallest absolute Gasteiger partial charge is 0.234 e. The minimum Gasteiger partial charge on any atom is -0.389 e. The summed E-state index contributed by atoms with van der Waals surface area (Å²) < 4.78 is 27.6. The first-order valence-electron chi connectivity index (χ1n) is 5.21. The summed E-state index contributed by atoms with van der Waals surface area (Å²) in [4.78, 5) is 0.127. The van der Waals surface area contributed by atoms with E-state index >= 15 is 0 Å². The fraction of sp³-hybridized carbons (Fsp3) is 0.556. The van der Waals surface area contributed by atoms with E-state index in [0.717, 1.165) is 12.8 Å². The second kappa shape index (κ2) is 4.26. The molecule has 0 atom stereocenters. The second-order valence-corrected chi connectivity index (χ2v) is 6.43. The molecule has 1 aromatic rings. The summed E-state index contributed by atoms with van der Waals surface area (Å²) >= 11 is 4.84. The number of anilines is 1. The monoisotopic (exact) mass is 274 g/mol. The highest BCUT2D eigenvalue weighted by molar-refractivity contribution is 7.92. The van der Waals surface area contributed by atoms with Crippen LogP contribution in [-0.2, 0) is 17.1 Å². The van der Waals surface area contributed by atoms with E-state index in [1.54, 1.807) is 7.05 Å². The van der Waals surface area contributed by atoms with E-state index in [4.69, 9.17) is 18.0 Å². The molecule has 8 heteroatoms. The maximum atomic E-state index is 11.8. The predicted molar refractivity (Wildman–Crippen MR) is 69.2 cm³/mol. The molecule has 17 heavy (non-hydrogen) atoms. The standard InChI is InChI=1S/C9H14N4O2S2/c1-13-9(7(4-11-13)8(10)16)12-17(14,15)5-6-2-3-6/h4,6,12H,2-3,5H2,1H3,(H2,10,16). The van der Waals surface area contributed by atoms with Gasteiger partial charge in [0, 0.05) is 7.05 Å². The van der Waals surface area contributed by atoms with Crippen LogP contribution in [0.4, 0.5) is 5.82 Å². The van der Waals surface area contributed by atoms with Crippen LogP contribution in [0, 0.1) is 5.92 Å². The van der Waals surface area contributed by atoms with Crippen molar-refractivity contribution in [2.24, 2.45) is 18.7 Å². The SMILES string of the molecule is Cn1ncc(C(N)=S)c1NS(=O)(=O)CC1CC1. The van der Waals surface area contributed by atoms with Crippen molar-refractivity contribution in [3.63, 3.8) is 0 Å². The Hall–Kier alpha value is -1.15. The van der Waals surface area contributed by atoms with Crippen molar-refractivity contribution in [1.82, 2.24) is 9.78 Å². The third-order valence-corrected chi connectivity index (χ3v) is 4.24. The molecule has 1 fully saturated rings. The highest BCUT2D eigenvalue weighted by atomic mass is 32.2. The maximum absolute atomic E-state index is 11.8. The number of nitrogens with two attached hydrogens (primary N) is 1. The van der Waals surface area contributed by atoms with Gasteiger partial charge in [0.2, 0.25) is 10.0 Å². The Balaban J connectivity index is 2.22. The summed E-state index contributed by atoms with van der Waals surface area (Å²) in [5, 5.41) is 3.94. The van der Waals surface area contributed by atoms with Crippen LogP contribution in [0.3, 0.4) is 0 Å². The molecule has 1 heterocycles. The van der Waals surface area contributed by atoms with Gasteiger partial charge in [-0.15, -0.1) is 0 Å². The van der Waals surface area contributed by atoms with Crippen LogP contribution in [0.2, 0.25) is 0 Å². The molecule has 94 valence electrons. The number of hydrogen-bond acceptors (Lipinski definition) is 4. The molecule has 6 nitrogen and oxygen atoms in total. The zero-order valence-corrected chi connectivity index (χ0v) is 11.0. The first kappa shape index (κ1) is 12.3. The Morgan fingerprint density at radius 3 is 2.88 bits per heavy atom. The van der Waals surface area contributed by atoms with Crippen LogP contribution < -0.4 is 10.5 Å². The minimum atomic E-state index is -3.35. The first-order chi connectivity index (χ1) is 7.89. The van der Waals surface area contributed by atoms with Crippen molar-refractivity contribution >= 4 is 33.0 Å². The number of thiocarbonyl (C=S) groups is 1. The van der Waals surface area contributed by atoms with Crippen LogP contribution in [0.5, 0.6) is 0 Å². The summed E-state index contributed by atoms with van der Waals surface area (Å²) in [5.41, 5.74) is 5.95. The normalized spacial score (nSPS) is 15.8. The topological polar surface area (TPSA) is 90.0 Å². The van der Waals surface area contributed by atoms with Crippen LogP contribution >= 0.6 is 12.2 Å². The number of aryl methyl sites for hydroxylation is 1. The molecule has 0 spiro atoms. The lowest BCUT2D eigenvalue weighted by atomic mass is 10.3. The van der Waals surface area contributed by atoms with Gasteiger partial charge in [-0.1, -0.05) is 12.2 Å². The van der Waals surface area contributed by atoms with Gasteiger partial charge >= 0.3 is 0 Å². The van der Waals surface area contributed by atoms with Gasteiger partial charge in [-0.2, -0.15) is 5.10 Å². The summed E-state index contributed by atoms with van der Waals surface area (Å²) in [6, 6.07) is 0. The molecule has 1 aliphatic carbocycles. The van der Waals surface area contributed by atoms with Gasteiger partial charge in [0.25, 0.3) is 0 Å². The zero-order chi connectivity index (χ0) is 12.6. The number of rotatable bonds is 5. The highest BCUT2D eigenvalue weighted by Crippen LogP contribution is 2.30. The Labute approximate surface area is 105 Å². The minimum absolute atomic E-state index is 0.127. The van der Waals surface area contributed by atoms with Gasteiger partial charge in [-0.25, -0.2) is 8.42 Å². The molecule has 1 aliphatic rings. The Bertz CT molecular complexity index is 545. The van der Waals surface area contributed by atoms with Crippen molar-refractivity contribution < 1.29 is 8.42 Å². The van der Waals surface area contributed by atoms with Crippen LogP contribution in [0.15, 0.2) is 6.20 Å². The molecular weight excluding hydrogens is 260 g/mol. The van der Waals surface area contributed by atoms with E-state index in [9.17, 15) is 8.42 Å². The number of nitrogens with one attached hydrogen (secondary N) is 1. The quantitative estimate of drug-likeness (QED) is 0.749. The molecule has 0 aromatic carbocycles. The lowest BCUT2D eigenvalue weighted by Gasteiger charge is -2.09. The van der Waals surface area contributed by atoms with E-state index in [1.807, 2.05) is 0 Å². The van der Waals surface area contributed by atoms with Crippen LogP contribution in [0.25, 0.3) is 0 Å². The van der Waals surface area contributed by atoms with E-state index in [0.29, 0.717) is 11.4 Å². The lowest BCUT2D eigenvalue weighted by Crippen LogP contribution is -2.22. The number of hydrogen-bond donors (Lipinski definition) is 2. The predicted octanol–water partition coefficient (Wildman–Crippen LogP) is 0.206. The number of aromatic nitrogens is 2. The average molecular weight is 274 g/mol. The summed E-state index contributed by atoms with van der Waals surface area (Å²) in [6.07, 6.45) is 3.42. The summed E-state index contributed by atoms with van der Waals surface area (Å²) in [7, 11) is -1.71. The Kier molecular flexibility index (Phi) is 3.09. The molecular formula is C9H14N4O2S2.